The van der Waals surface area contributed by atoms with Crippen molar-refractivity contribution in [2.24, 2.45) is 5.92 Å². The van der Waals surface area contributed by atoms with Gasteiger partial charge in [-0.15, -0.1) is 0 Å². The lowest BCUT2D eigenvalue weighted by Crippen LogP contribution is -2.36. The summed E-state index contributed by atoms with van der Waals surface area (Å²) in [6.07, 6.45) is 6.39. The van der Waals surface area contributed by atoms with Gasteiger partial charge in [-0.05, 0) is 87.0 Å². The summed E-state index contributed by atoms with van der Waals surface area (Å²) in [4.78, 5) is 17.7. The van der Waals surface area contributed by atoms with Crippen LogP contribution >= 0.6 is 0 Å². The Morgan fingerprint density at radius 3 is 2.47 bits per heavy atom. The van der Waals surface area contributed by atoms with E-state index in [2.05, 4.69) is 53.2 Å². The van der Waals surface area contributed by atoms with Crippen molar-refractivity contribution < 1.29 is 4.79 Å². The molecule has 1 atom stereocenters. The van der Waals surface area contributed by atoms with Crippen molar-refractivity contribution in [2.75, 3.05) is 29.9 Å². The molecule has 2 aromatic carbocycles. The average Bonchev–Trinajstić information content (AvgIpc) is 2.76. The summed E-state index contributed by atoms with van der Waals surface area (Å²) < 4.78 is 0. The van der Waals surface area contributed by atoms with E-state index in [0.29, 0.717) is 11.6 Å². The number of carbonyl (C=O) groups excluding carboxylic acids is 1. The van der Waals surface area contributed by atoms with Crippen LogP contribution in [0.1, 0.15) is 61.9 Å². The topological polar surface area (TPSA) is 35.6 Å². The quantitative estimate of drug-likeness (QED) is 0.708. The first-order valence-corrected chi connectivity index (χ1v) is 11.6. The number of likely N-dealkylation sites (tertiary alicyclic amines) is 1. The SMILES string of the molecule is CC1CCN(c2ccc(C(=O)Nc3cccc(CN4CCCCC4C)c3)cc2)CC1. The van der Waals surface area contributed by atoms with Crippen molar-refractivity contribution in [1.82, 2.24) is 4.90 Å². The number of rotatable bonds is 5. The van der Waals surface area contributed by atoms with Crippen LogP contribution in [0.3, 0.4) is 0 Å². The van der Waals surface area contributed by atoms with Crippen molar-refractivity contribution in [1.29, 1.82) is 0 Å². The Bertz CT molecular complexity index is 840. The molecule has 0 radical (unpaired) electrons. The predicted molar refractivity (Wildman–Crippen MR) is 125 cm³/mol. The second-order valence-corrected chi connectivity index (χ2v) is 9.19. The van der Waals surface area contributed by atoms with Crippen LogP contribution in [-0.2, 0) is 6.54 Å². The summed E-state index contributed by atoms with van der Waals surface area (Å²) in [5.41, 5.74) is 4.06. The fraction of sp³-hybridized carbons (Fsp3) is 0.500. The second-order valence-electron chi connectivity index (χ2n) is 9.19. The number of hydrogen-bond acceptors (Lipinski definition) is 3. The third kappa shape index (κ3) is 5.23. The molecule has 4 heteroatoms. The van der Waals surface area contributed by atoms with E-state index in [1.54, 1.807) is 0 Å². The first-order chi connectivity index (χ1) is 14.6. The largest absolute Gasteiger partial charge is 0.372 e. The Balaban J connectivity index is 1.36. The maximum absolute atomic E-state index is 12.8. The van der Waals surface area contributed by atoms with E-state index < -0.39 is 0 Å². The molecular formula is C26H35N3O. The zero-order chi connectivity index (χ0) is 20.9. The number of anilines is 2. The first kappa shape index (κ1) is 20.9. The molecule has 2 fully saturated rings. The second kappa shape index (κ2) is 9.65. The highest BCUT2D eigenvalue weighted by Gasteiger charge is 2.19. The number of hydrogen-bond donors (Lipinski definition) is 1. The lowest BCUT2D eigenvalue weighted by Gasteiger charge is -2.33. The normalized spacial score (nSPS) is 20.9. The maximum atomic E-state index is 12.8. The van der Waals surface area contributed by atoms with Gasteiger partial charge in [0.05, 0.1) is 0 Å². The lowest BCUT2D eigenvalue weighted by atomic mass is 9.98. The summed E-state index contributed by atoms with van der Waals surface area (Å²) in [6.45, 7) is 8.98. The summed E-state index contributed by atoms with van der Waals surface area (Å²) in [6, 6.07) is 17.0. The summed E-state index contributed by atoms with van der Waals surface area (Å²) in [7, 11) is 0. The Labute approximate surface area is 181 Å². The van der Waals surface area contributed by atoms with Crippen LogP contribution in [-0.4, -0.2) is 36.5 Å². The fourth-order valence-electron chi connectivity index (χ4n) is 4.67. The molecule has 2 aromatic rings. The van der Waals surface area contributed by atoms with Crippen molar-refractivity contribution >= 4 is 17.3 Å². The van der Waals surface area contributed by atoms with Gasteiger partial charge in [-0.1, -0.05) is 25.5 Å². The van der Waals surface area contributed by atoms with E-state index in [1.807, 2.05) is 24.3 Å². The van der Waals surface area contributed by atoms with Crippen molar-refractivity contribution in [3.05, 3.63) is 59.7 Å². The fourth-order valence-corrected chi connectivity index (χ4v) is 4.67. The van der Waals surface area contributed by atoms with E-state index >= 15 is 0 Å². The summed E-state index contributed by atoms with van der Waals surface area (Å²) >= 11 is 0. The predicted octanol–water partition coefficient (Wildman–Crippen LogP) is 5.55. The van der Waals surface area contributed by atoms with Gasteiger partial charge in [0.25, 0.3) is 5.91 Å². The summed E-state index contributed by atoms with van der Waals surface area (Å²) in [5.74, 6) is 0.775. The highest BCUT2D eigenvalue weighted by molar-refractivity contribution is 6.04. The Kier molecular flexibility index (Phi) is 6.73. The van der Waals surface area contributed by atoms with E-state index in [9.17, 15) is 4.79 Å². The standard InChI is InChI=1S/C26H35N3O/c1-20-13-16-28(17-14-20)25-11-9-23(10-12-25)26(30)27-24-8-5-7-22(18-24)19-29-15-4-3-6-21(29)2/h5,7-12,18,20-21H,3-4,6,13-17,19H2,1-2H3,(H,27,30). The zero-order valence-electron chi connectivity index (χ0n) is 18.4. The molecule has 30 heavy (non-hydrogen) atoms. The minimum absolute atomic E-state index is 0.0442. The Morgan fingerprint density at radius 2 is 1.73 bits per heavy atom. The molecule has 1 N–H and O–H groups in total. The van der Waals surface area contributed by atoms with Gasteiger partial charge in [0.1, 0.15) is 0 Å². The molecule has 160 valence electrons. The number of carbonyl (C=O) groups is 1. The van der Waals surface area contributed by atoms with Crippen LogP contribution in [0.25, 0.3) is 0 Å². The highest BCUT2D eigenvalue weighted by atomic mass is 16.1. The zero-order valence-corrected chi connectivity index (χ0v) is 18.4. The summed E-state index contributed by atoms with van der Waals surface area (Å²) in [5, 5.41) is 3.08. The van der Waals surface area contributed by atoms with Gasteiger partial charge >= 0.3 is 0 Å². The third-order valence-corrected chi connectivity index (χ3v) is 6.79. The van der Waals surface area contributed by atoms with Gasteiger partial charge in [-0.3, -0.25) is 9.69 Å². The van der Waals surface area contributed by atoms with E-state index in [1.165, 1.54) is 49.9 Å². The molecule has 2 heterocycles. The van der Waals surface area contributed by atoms with Gasteiger partial charge in [0.15, 0.2) is 0 Å². The highest BCUT2D eigenvalue weighted by Crippen LogP contribution is 2.24. The average molecular weight is 406 g/mol. The number of amides is 1. The van der Waals surface area contributed by atoms with Gasteiger partial charge in [0.2, 0.25) is 0 Å². The van der Waals surface area contributed by atoms with Crippen LogP contribution in [0.5, 0.6) is 0 Å². The number of benzene rings is 2. The van der Waals surface area contributed by atoms with E-state index in [-0.39, 0.29) is 5.91 Å². The van der Waals surface area contributed by atoms with Crippen LogP contribution < -0.4 is 10.2 Å². The molecule has 0 bridgehead atoms. The molecule has 2 aliphatic rings. The molecule has 4 rings (SSSR count). The maximum Gasteiger partial charge on any atom is 0.255 e. The van der Waals surface area contributed by atoms with Crippen molar-refractivity contribution in [3.63, 3.8) is 0 Å². The van der Waals surface area contributed by atoms with Gasteiger partial charge in [-0.25, -0.2) is 0 Å². The number of nitrogens with one attached hydrogen (secondary N) is 1. The van der Waals surface area contributed by atoms with Gasteiger partial charge in [-0.2, -0.15) is 0 Å². The third-order valence-electron chi connectivity index (χ3n) is 6.79. The van der Waals surface area contributed by atoms with Crippen LogP contribution in [0, 0.1) is 5.92 Å². The Hall–Kier alpha value is -2.33. The van der Waals surface area contributed by atoms with Crippen molar-refractivity contribution in [3.8, 4) is 0 Å². The molecule has 0 aromatic heterocycles. The monoisotopic (exact) mass is 405 g/mol. The van der Waals surface area contributed by atoms with Crippen LogP contribution in [0.4, 0.5) is 11.4 Å². The molecule has 1 amide bonds. The number of piperidine rings is 2. The molecule has 0 saturated carbocycles. The van der Waals surface area contributed by atoms with E-state index in [0.717, 1.165) is 31.2 Å². The van der Waals surface area contributed by atoms with Crippen LogP contribution in [0.2, 0.25) is 0 Å². The van der Waals surface area contributed by atoms with Gasteiger partial charge < -0.3 is 10.2 Å². The first-order valence-electron chi connectivity index (χ1n) is 11.6. The molecule has 0 spiro atoms. The minimum atomic E-state index is -0.0442. The molecule has 0 aliphatic carbocycles. The molecule has 2 saturated heterocycles. The lowest BCUT2D eigenvalue weighted by molar-refractivity contribution is 0.102. The smallest absolute Gasteiger partial charge is 0.255 e. The van der Waals surface area contributed by atoms with Crippen molar-refractivity contribution in [2.45, 2.75) is 58.5 Å². The van der Waals surface area contributed by atoms with Gasteiger partial charge in [0, 0.05) is 42.6 Å². The van der Waals surface area contributed by atoms with E-state index in [4.69, 9.17) is 0 Å². The van der Waals surface area contributed by atoms with Crippen LogP contribution in [0.15, 0.2) is 48.5 Å². The molecule has 1 unspecified atom stereocenters. The number of nitrogens with zero attached hydrogens (tertiary/aromatic N) is 2. The molecular weight excluding hydrogens is 370 g/mol. The molecule has 2 aliphatic heterocycles. The Morgan fingerprint density at radius 1 is 0.967 bits per heavy atom. The minimum Gasteiger partial charge on any atom is -0.372 e. The molecule has 4 nitrogen and oxygen atoms in total.